The van der Waals surface area contributed by atoms with Crippen LogP contribution < -0.4 is 10.6 Å². The summed E-state index contributed by atoms with van der Waals surface area (Å²) in [5.74, 6) is -0.424. The van der Waals surface area contributed by atoms with E-state index in [4.69, 9.17) is 9.47 Å². The summed E-state index contributed by atoms with van der Waals surface area (Å²) in [4.78, 5) is 23.9. The molecule has 30 heavy (non-hydrogen) atoms. The predicted molar refractivity (Wildman–Crippen MR) is 117 cm³/mol. The Bertz CT molecular complexity index is 420. The Kier molecular flexibility index (Phi) is 20.2. The smallest absolute Gasteiger partial charge is 0.220 e. The minimum absolute atomic E-state index is 0.0959. The van der Waals surface area contributed by atoms with E-state index < -0.39 is 12.3 Å². The molecule has 0 heterocycles. The van der Waals surface area contributed by atoms with Crippen molar-refractivity contribution >= 4 is 11.8 Å². The molecule has 0 aliphatic carbocycles. The zero-order valence-electron chi connectivity index (χ0n) is 19.0. The normalized spacial score (nSPS) is 12.2. The molecule has 178 valence electrons. The first-order valence-corrected chi connectivity index (χ1v) is 11.5. The van der Waals surface area contributed by atoms with Gasteiger partial charge in [-0.05, 0) is 12.8 Å². The van der Waals surface area contributed by atoms with E-state index in [-0.39, 0.29) is 24.7 Å². The molecule has 0 radical (unpaired) electrons. The van der Waals surface area contributed by atoms with Crippen molar-refractivity contribution in [2.24, 2.45) is 0 Å². The number of methoxy groups -OCH3 is 1. The molecule has 0 rings (SSSR count). The molecule has 0 saturated carbocycles. The maximum atomic E-state index is 12.0. The molecule has 1 atom stereocenters. The van der Waals surface area contributed by atoms with Crippen LogP contribution in [0.5, 0.6) is 0 Å². The molecule has 1 unspecified atom stereocenters. The molecule has 4 N–H and O–H groups in total. The van der Waals surface area contributed by atoms with E-state index in [1.807, 2.05) is 0 Å². The summed E-state index contributed by atoms with van der Waals surface area (Å²) in [5, 5.41) is 24.3. The second-order valence-corrected chi connectivity index (χ2v) is 7.66. The van der Waals surface area contributed by atoms with Crippen LogP contribution in [0.3, 0.4) is 0 Å². The van der Waals surface area contributed by atoms with E-state index in [1.54, 1.807) is 7.11 Å². The maximum Gasteiger partial charge on any atom is 0.220 e. The first kappa shape index (κ1) is 28.8. The quantitative estimate of drug-likeness (QED) is 0.163. The number of hydrogen-bond donors (Lipinski definition) is 4. The van der Waals surface area contributed by atoms with Crippen LogP contribution in [0.2, 0.25) is 0 Å². The van der Waals surface area contributed by atoms with Crippen LogP contribution in [0.4, 0.5) is 0 Å². The van der Waals surface area contributed by atoms with Gasteiger partial charge in [-0.15, -0.1) is 0 Å². The van der Waals surface area contributed by atoms with E-state index in [9.17, 15) is 19.8 Å². The summed E-state index contributed by atoms with van der Waals surface area (Å²) in [6.45, 7) is 3.94. The van der Waals surface area contributed by atoms with Gasteiger partial charge in [-0.25, -0.2) is 0 Å². The fourth-order valence-corrected chi connectivity index (χ4v) is 3.05. The molecule has 2 amide bonds. The number of carbonyl (C=O) groups is 2. The molecule has 0 aromatic heterocycles. The maximum absolute atomic E-state index is 12.0. The van der Waals surface area contributed by atoms with E-state index >= 15 is 0 Å². The minimum atomic E-state index is -1.69. The zero-order valence-corrected chi connectivity index (χ0v) is 19.0. The van der Waals surface area contributed by atoms with Crippen molar-refractivity contribution in [3.05, 3.63) is 0 Å². The number of aliphatic hydroxyl groups excluding tert-OH is 1. The lowest BCUT2D eigenvalue weighted by Gasteiger charge is -2.20. The summed E-state index contributed by atoms with van der Waals surface area (Å²) in [7, 11) is 1.59. The average Bonchev–Trinajstić information content (AvgIpc) is 2.72. The van der Waals surface area contributed by atoms with Crippen LogP contribution >= 0.6 is 0 Å². The van der Waals surface area contributed by atoms with Crippen LogP contribution in [-0.2, 0) is 19.1 Å². The molecule has 0 bridgehead atoms. The third-order valence-corrected chi connectivity index (χ3v) is 4.90. The first-order valence-electron chi connectivity index (χ1n) is 11.5. The molecule has 0 aliphatic heterocycles. The number of nitrogens with one attached hydrogen (secondary N) is 2. The van der Waals surface area contributed by atoms with Crippen LogP contribution in [0.25, 0.3) is 0 Å². The highest BCUT2D eigenvalue weighted by Gasteiger charge is 2.20. The Hall–Kier alpha value is -1.22. The standard InChI is InChI=1S/C22H44N2O6/c1-3-4-5-6-7-8-9-10-11-12-21(26)24-19(22(27)28)13-14-20(25)23-15-16-30-18-17-29-2/h19,22,27-28H,3-18H2,1-2H3,(H,23,25)(H,24,26). The summed E-state index contributed by atoms with van der Waals surface area (Å²) in [6.07, 6.45) is 9.48. The van der Waals surface area contributed by atoms with E-state index in [0.717, 1.165) is 19.3 Å². The first-order chi connectivity index (χ1) is 14.5. The second kappa shape index (κ2) is 21.0. The third kappa shape index (κ3) is 18.8. The van der Waals surface area contributed by atoms with E-state index in [0.29, 0.717) is 32.8 Å². The minimum Gasteiger partial charge on any atom is -0.382 e. The highest BCUT2D eigenvalue weighted by atomic mass is 16.5. The Morgan fingerprint density at radius 2 is 1.47 bits per heavy atom. The molecule has 8 nitrogen and oxygen atoms in total. The number of unbranched alkanes of at least 4 members (excludes halogenated alkanes) is 8. The van der Waals surface area contributed by atoms with Gasteiger partial charge in [0.2, 0.25) is 11.8 Å². The van der Waals surface area contributed by atoms with Gasteiger partial charge in [-0.3, -0.25) is 9.59 Å². The van der Waals surface area contributed by atoms with Gasteiger partial charge in [-0.2, -0.15) is 0 Å². The lowest BCUT2D eigenvalue weighted by molar-refractivity contribution is -0.129. The summed E-state index contributed by atoms with van der Waals surface area (Å²) in [5.41, 5.74) is 0. The fraction of sp³-hybridized carbons (Fsp3) is 0.909. The van der Waals surface area contributed by atoms with Gasteiger partial charge in [0.25, 0.3) is 0 Å². The summed E-state index contributed by atoms with van der Waals surface area (Å²) in [6, 6.07) is -0.847. The second-order valence-electron chi connectivity index (χ2n) is 7.66. The summed E-state index contributed by atoms with van der Waals surface area (Å²) >= 11 is 0. The fourth-order valence-electron chi connectivity index (χ4n) is 3.05. The van der Waals surface area contributed by atoms with Crippen molar-refractivity contribution in [1.82, 2.24) is 10.6 Å². The van der Waals surface area contributed by atoms with Crippen LogP contribution in [0.1, 0.15) is 84.0 Å². The number of amides is 2. The zero-order chi connectivity index (χ0) is 22.5. The monoisotopic (exact) mass is 432 g/mol. The number of aliphatic hydroxyl groups is 2. The van der Waals surface area contributed by atoms with E-state index in [1.165, 1.54) is 38.5 Å². The number of hydrogen-bond acceptors (Lipinski definition) is 6. The van der Waals surface area contributed by atoms with Crippen molar-refractivity contribution < 1.29 is 29.3 Å². The molecule has 0 fully saturated rings. The number of carbonyl (C=O) groups excluding carboxylic acids is 2. The molecule has 0 aromatic rings. The lowest BCUT2D eigenvalue weighted by Crippen LogP contribution is -2.44. The van der Waals surface area contributed by atoms with Crippen molar-refractivity contribution in [1.29, 1.82) is 0 Å². The van der Waals surface area contributed by atoms with Crippen molar-refractivity contribution in [2.75, 3.05) is 33.5 Å². The van der Waals surface area contributed by atoms with Gasteiger partial charge >= 0.3 is 0 Å². The lowest BCUT2D eigenvalue weighted by atomic mass is 10.1. The summed E-state index contributed by atoms with van der Waals surface area (Å²) < 4.78 is 10.1. The van der Waals surface area contributed by atoms with Crippen LogP contribution in [0, 0.1) is 0 Å². The molecule has 0 spiro atoms. The van der Waals surface area contributed by atoms with Gasteiger partial charge in [0, 0.05) is 26.5 Å². The molecular formula is C22H44N2O6. The van der Waals surface area contributed by atoms with Crippen LogP contribution in [0.15, 0.2) is 0 Å². The van der Waals surface area contributed by atoms with Gasteiger partial charge in [0.05, 0.1) is 25.9 Å². The third-order valence-electron chi connectivity index (χ3n) is 4.90. The van der Waals surface area contributed by atoms with Crippen molar-refractivity contribution in [3.8, 4) is 0 Å². The van der Waals surface area contributed by atoms with Crippen molar-refractivity contribution in [2.45, 2.75) is 96.3 Å². The Balaban J connectivity index is 3.81. The Morgan fingerprint density at radius 3 is 2.07 bits per heavy atom. The highest BCUT2D eigenvalue weighted by Crippen LogP contribution is 2.11. The highest BCUT2D eigenvalue weighted by molar-refractivity contribution is 5.77. The molecule has 8 heteroatoms. The molecule has 0 aromatic carbocycles. The molecular weight excluding hydrogens is 388 g/mol. The number of rotatable bonds is 21. The van der Waals surface area contributed by atoms with Gasteiger partial charge in [0.15, 0.2) is 6.29 Å². The van der Waals surface area contributed by atoms with Gasteiger partial charge in [-0.1, -0.05) is 58.3 Å². The molecule has 0 aliphatic rings. The Morgan fingerprint density at radius 1 is 0.833 bits per heavy atom. The van der Waals surface area contributed by atoms with Crippen LogP contribution in [-0.4, -0.2) is 67.8 Å². The largest absolute Gasteiger partial charge is 0.382 e. The number of ether oxygens (including phenoxy) is 2. The van der Waals surface area contributed by atoms with Gasteiger partial charge in [0.1, 0.15) is 0 Å². The predicted octanol–water partition coefficient (Wildman–Crippen LogP) is 2.26. The Labute approximate surface area is 182 Å². The topological polar surface area (TPSA) is 117 Å². The van der Waals surface area contributed by atoms with Gasteiger partial charge < -0.3 is 30.3 Å². The van der Waals surface area contributed by atoms with Crippen molar-refractivity contribution in [3.63, 3.8) is 0 Å². The SMILES string of the molecule is CCCCCCCCCCCC(=O)NC(CCC(=O)NCCOCCOC)C(O)O. The average molecular weight is 433 g/mol. The molecule has 0 saturated heterocycles. The van der Waals surface area contributed by atoms with E-state index in [2.05, 4.69) is 17.6 Å².